The smallest absolute Gasteiger partial charge is 0.199 e. The van der Waals surface area contributed by atoms with Crippen LogP contribution in [0.5, 0.6) is 5.75 Å². The Labute approximate surface area is 196 Å². The molecular weight excluding hydrogens is 434 g/mol. The van der Waals surface area contributed by atoms with E-state index >= 15 is 0 Å². The molecule has 0 saturated heterocycles. The molecule has 0 spiro atoms. The fourth-order valence-corrected chi connectivity index (χ4v) is 3.44. The summed E-state index contributed by atoms with van der Waals surface area (Å²) in [4.78, 5) is 9.50. The van der Waals surface area contributed by atoms with Gasteiger partial charge in [-0.25, -0.2) is 14.6 Å². The molecule has 1 aromatic carbocycles. The van der Waals surface area contributed by atoms with Crippen molar-refractivity contribution in [1.82, 2.24) is 24.8 Å². The van der Waals surface area contributed by atoms with Gasteiger partial charge < -0.3 is 25.9 Å². The minimum absolute atomic E-state index is 0.143. The van der Waals surface area contributed by atoms with Crippen LogP contribution in [0.3, 0.4) is 0 Å². The fraction of sp³-hybridized carbons (Fsp3) is 0.333. The van der Waals surface area contributed by atoms with Crippen molar-refractivity contribution in [2.45, 2.75) is 39.3 Å². The first-order chi connectivity index (χ1) is 16.3. The fourth-order valence-electron chi connectivity index (χ4n) is 3.44. The molecule has 0 aliphatic rings. The number of imidazole rings is 1. The predicted molar refractivity (Wildman–Crippen MR) is 129 cm³/mol. The normalized spacial score (nSPS) is 11.4. The van der Waals surface area contributed by atoms with E-state index in [0.717, 1.165) is 23.3 Å². The summed E-state index contributed by atoms with van der Waals surface area (Å²) in [6.07, 6.45) is 0.767. The SMILES string of the molecule is CCn1c(-c2nonc2N)nc2c(C#CC(C)(C)O)nc(-c3cccc(OCCCN)c3)cc21. The summed E-state index contributed by atoms with van der Waals surface area (Å²) in [6.45, 7) is 6.90. The van der Waals surface area contributed by atoms with Gasteiger partial charge in [-0.1, -0.05) is 18.1 Å². The molecule has 0 radical (unpaired) electrons. The van der Waals surface area contributed by atoms with Crippen LogP contribution in [0.4, 0.5) is 5.82 Å². The van der Waals surface area contributed by atoms with E-state index in [9.17, 15) is 5.11 Å². The van der Waals surface area contributed by atoms with Crippen molar-refractivity contribution in [3.8, 4) is 40.4 Å². The lowest BCUT2D eigenvalue weighted by atomic mass is 10.1. The van der Waals surface area contributed by atoms with E-state index in [1.54, 1.807) is 13.8 Å². The maximum absolute atomic E-state index is 10.2. The first kappa shape index (κ1) is 23.2. The van der Waals surface area contributed by atoms with Crippen molar-refractivity contribution < 1.29 is 14.5 Å². The number of hydrogen-bond donors (Lipinski definition) is 3. The van der Waals surface area contributed by atoms with Crippen LogP contribution >= 0.6 is 0 Å². The Morgan fingerprint density at radius 2 is 2.03 bits per heavy atom. The summed E-state index contributed by atoms with van der Waals surface area (Å²) in [5, 5.41) is 17.8. The standard InChI is InChI=1S/C24H27N7O3/c1-4-31-19-14-18(15-7-5-8-16(13-15)33-12-6-11-25)27-17(9-10-24(2,3)32)20(19)28-23(31)21-22(26)30-34-29-21/h5,7-8,13-14,32H,4,6,11-12,25H2,1-3H3,(H2,26,30). The second kappa shape index (κ2) is 9.51. The van der Waals surface area contributed by atoms with Crippen LogP contribution in [0.15, 0.2) is 35.0 Å². The Morgan fingerprint density at radius 1 is 1.21 bits per heavy atom. The molecule has 4 rings (SSSR count). The minimum Gasteiger partial charge on any atom is -0.494 e. The molecular formula is C24H27N7O3. The topological polar surface area (TPSA) is 151 Å². The first-order valence-electron chi connectivity index (χ1n) is 11.0. The maximum Gasteiger partial charge on any atom is 0.199 e. The number of aromatic nitrogens is 5. The summed E-state index contributed by atoms with van der Waals surface area (Å²) >= 11 is 0. The number of nitrogen functional groups attached to an aromatic ring is 1. The number of anilines is 1. The average molecular weight is 462 g/mol. The van der Waals surface area contributed by atoms with Crippen molar-refractivity contribution in [2.75, 3.05) is 18.9 Å². The molecule has 0 atom stereocenters. The Bertz CT molecular complexity index is 1370. The molecule has 176 valence electrons. The van der Waals surface area contributed by atoms with Gasteiger partial charge >= 0.3 is 0 Å². The summed E-state index contributed by atoms with van der Waals surface area (Å²) in [5.41, 5.74) is 14.0. The molecule has 0 bridgehead atoms. The second-order valence-electron chi connectivity index (χ2n) is 8.23. The minimum atomic E-state index is -1.20. The number of ether oxygens (including phenoxy) is 1. The van der Waals surface area contributed by atoms with Gasteiger partial charge in [0.2, 0.25) is 0 Å². The third-order valence-electron chi connectivity index (χ3n) is 5.01. The number of aliphatic hydroxyl groups is 1. The molecule has 4 aromatic rings. The summed E-state index contributed by atoms with van der Waals surface area (Å²) in [7, 11) is 0. The molecule has 0 unspecified atom stereocenters. The predicted octanol–water partition coefficient (Wildman–Crippen LogP) is 2.60. The number of hydrogen-bond acceptors (Lipinski definition) is 9. The van der Waals surface area contributed by atoms with Gasteiger partial charge in [-0.3, -0.25) is 0 Å². The number of fused-ring (bicyclic) bond motifs is 1. The molecule has 0 aliphatic carbocycles. The third-order valence-corrected chi connectivity index (χ3v) is 5.01. The van der Waals surface area contributed by atoms with E-state index < -0.39 is 5.60 Å². The van der Waals surface area contributed by atoms with E-state index in [0.29, 0.717) is 48.1 Å². The number of pyridine rings is 1. The Kier molecular flexibility index (Phi) is 6.49. The Morgan fingerprint density at radius 3 is 2.71 bits per heavy atom. The largest absolute Gasteiger partial charge is 0.494 e. The van der Waals surface area contributed by atoms with Crippen molar-refractivity contribution in [3.63, 3.8) is 0 Å². The quantitative estimate of drug-likeness (QED) is 0.278. The molecule has 3 heterocycles. The molecule has 34 heavy (non-hydrogen) atoms. The lowest BCUT2D eigenvalue weighted by molar-refractivity contribution is 0.143. The third kappa shape index (κ3) is 4.85. The van der Waals surface area contributed by atoms with E-state index in [4.69, 9.17) is 30.8 Å². The number of aryl methyl sites for hydroxylation is 1. The first-order valence-corrected chi connectivity index (χ1v) is 11.0. The number of nitrogens with two attached hydrogens (primary N) is 2. The number of benzene rings is 1. The van der Waals surface area contributed by atoms with Crippen molar-refractivity contribution in [1.29, 1.82) is 0 Å². The van der Waals surface area contributed by atoms with Crippen LogP contribution in [-0.2, 0) is 6.54 Å². The highest BCUT2D eigenvalue weighted by atomic mass is 16.6. The van der Waals surface area contributed by atoms with E-state index in [1.807, 2.05) is 41.8 Å². The molecule has 0 amide bonds. The zero-order valence-corrected chi connectivity index (χ0v) is 19.4. The van der Waals surface area contributed by atoms with E-state index in [1.165, 1.54) is 0 Å². The summed E-state index contributed by atoms with van der Waals surface area (Å²) in [6, 6.07) is 9.61. The Hall–Kier alpha value is -3.94. The van der Waals surface area contributed by atoms with Crippen LogP contribution in [0, 0.1) is 11.8 Å². The van der Waals surface area contributed by atoms with Gasteiger partial charge in [0.15, 0.2) is 17.3 Å². The molecule has 10 heteroatoms. The van der Waals surface area contributed by atoms with Crippen LogP contribution in [0.1, 0.15) is 32.9 Å². The van der Waals surface area contributed by atoms with Gasteiger partial charge in [0.1, 0.15) is 22.6 Å². The van der Waals surface area contributed by atoms with E-state index in [2.05, 4.69) is 22.2 Å². The molecule has 0 aliphatic heterocycles. The molecule has 0 saturated carbocycles. The van der Waals surface area contributed by atoms with Crippen molar-refractivity contribution in [2.24, 2.45) is 5.73 Å². The van der Waals surface area contributed by atoms with Crippen LogP contribution in [0.25, 0.3) is 33.8 Å². The van der Waals surface area contributed by atoms with Gasteiger partial charge in [-0.15, -0.1) is 0 Å². The van der Waals surface area contributed by atoms with Gasteiger partial charge in [-0.05, 0) is 68.2 Å². The molecule has 10 nitrogen and oxygen atoms in total. The number of rotatable bonds is 7. The molecule has 3 aromatic heterocycles. The van der Waals surface area contributed by atoms with Crippen LogP contribution in [0.2, 0.25) is 0 Å². The number of nitrogens with zero attached hydrogens (tertiary/aromatic N) is 5. The highest BCUT2D eigenvalue weighted by molar-refractivity contribution is 5.88. The molecule has 0 fully saturated rings. The van der Waals surface area contributed by atoms with Crippen molar-refractivity contribution >= 4 is 16.9 Å². The lowest BCUT2D eigenvalue weighted by Crippen LogP contribution is -2.14. The van der Waals surface area contributed by atoms with Gasteiger partial charge in [-0.2, -0.15) is 0 Å². The Balaban J connectivity index is 1.91. The van der Waals surface area contributed by atoms with E-state index in [-0.39, 0.29) is 5.82 Å². The lowest BCUT2D eigenvalue weighted by Gasteiger charge is -2.10. The highest BCUT2D eigenvalue weighted by Crippen LogP contribution is 2.31. The highest BCUT2D eigenvalue weighted by Gasteiger charge is 2.21. The van der Waals surface area contributed by atoms with Gasteiger partial charge in [0.05, 0.1) is 17.8 Å². The molecule has 5 N–H and O–H groups in total. The maximum atomic E-state index is 10.2. The zero-order valence-electron chi connectivity index (χ0n) is 19.4. The second-order valence-corrected chi connectivity index (χ2v) is 8.23. The monoisotopic (exact) mass is 461 g/mol. The van der Waals surface area contributed by atoms with Crippen molar-refractivity contribution in [3.05, 3.63) is 36.0 Å². The van der Waals surface area contributed by atoms with Crippen LogP contribution < -0.4 is 16.2 Å². The summed E-state index contributed by atoms with van der Waals surface area (Å²) < 4.78 is 12.5. The van der Waals surface area contributed by atoms with Gasteiger partial charge in [0, 0.05) is 12.1 Å². The summed E-state index contributed by atoms with van der Waals surface area (Å²) in [5.74, 6) is 7.20. The average Bonchev–Trinajstić information content (AvgIpc) is 3.39. The van der Waals surface area contributed by atoms with Gasteiger partial charge in [0.25, 0.3) is 0 Å². The van der Waals surface area contributed by atoms with Crippen LogP contribution in [-0.4, -0.2) is 48.7 Å². The zero-order chi connectivity index (χ0) is 24.3.